The first-order chi connectivity index (χ1) is 11.3. The van der Waals surface area contributed by atoms with Crippen LogP contribution in [-0.4, -0.2) is 11.0 Å². The lowest BCUT2D eigenvalue weighted by molar-refractivity contribution is -0.149. The monoisotopic (exact) mass is 323 g/mol. The Morgan fingerprint density at radius 1 is 1.00 bits per heavy atom. The number of nitrogens with zero attached hydrogens (tertiary/aromatic N) is 1. The van der Waals surface area contributed by atoms with Crippen molar-refractivity contribution in [1.29, 1.82) is 0 Å². The minimum Gasteiger partial charge on any atom is -0.455 e. The van der Waals surface area contributed by atoms with Crippen LogP contribution in [0.1, 0.15) is 35.1 Å². The molecule has 0 amide bonds. The van der Waals surface area contributed by atoms with Crippen LogP contribution in [0.4, 0.5) is 0 Å². The van der Waals surface area contributed by atoms with Crippen LogP contribution in [0.15, 0.2) is 72.2 Å². The van der Waals surface area contributed by atoms with E-state index in [-0.39, 0.29) is 12.1 Å². The van der Waals surface area contributed by atoms with Crippen molar-refractivity contribution in [3.05, 3.63) is 88.4 Å². The van der Waals surface area contributed by atoms with Gasteiger partial charge in [-0.25, -0.2) is 4.98 Å². The zero-order valence-corrected chi connectivity index (χ0v) is 13.6. The number of ether oxygens (including phenoxy) is 1. The smallest absolute Gasteiger partial charge is 0.318 e. The van der Waals surface area contributed by atoms with Crippen molar-refractivity contribution in [2.24, 2.45) is 0 Å². The van der Waals surface area contributed by atoms with Crippen molar-refractivity contribution in [2.45, 2.75) is 18.9 Å². The van der Waals surface area contributed by atoms with Gasteiger partial charge < -0.3 is 4.74 Å². The first kappa shape index (κ1) is 15.4. The van der Waals surface area contributed by atoms with Gasteiger partial charge in [0.15, 0.2) is 6.10 Å². The Labute approximate surface area is 139 Å². The summed E-state index contributed by atoms with van der Waals surface area (Å²) in [5, 5.41) is 2.68. The molecule has 4 heteroatoms. The summed E-state index contributed by atoms with van der Waals surface area (Å²) in [6, 6.07) is 19.4. The molecule has 1 aromatic heterocycles. The molecule has 0 bridgehead atoms. The first-order valence-electron chi connectivity index (χ1n) is 7.45. The summed E-state index contributed by atoms with van der Waals surface area (Å²) in [5.41, 5.74) is 1.85. The molecule has 0 radical (unpaired) electrons. The molecule has 0 aliphatic rings. The molecule has 0 spiro atoms. The summed E-state index contributed by atoms with van der Waals surface area (Å²) >= 11 is 1.49. The van der Waals surface area contributed by atoms with Crippen LogP contribution in [0.25, 0.3) is 0 Å². The molecule has 0 fully saturated rings. The summed E-state index contributed by atoms with van der Waals surface area (Å²) < 4.78 is 5.67. The minimum absolute atomic E-state index is 0.259. The maximum Gasteiger partial charge on any atom is 0.318 e. The summed E-state index contributed by atoms with van der Waals surface area (Å²) in [6.45, 7) is 1.85. The van der Waals surface area contributed by atoms with Gasteiger partial charge in [-0.2, -0.15) is 0 Å². The lowest BCUT2D eigenvalue weighted by Crippen LogP contribution is -2.19. The van der Waals surface area contributed by atoms with E-state index >= 15 is 0 Å². The van der Waals surface area contributed by atoms with Gasteiger partial charge in [0.1, 0.15) is 10.9 Å². The average Bonchev–Trinajstić information content (AvgIpc) is 3.12. The van der Waals surface area contributed by atoms with Gasteiger partial charge in [0.25, 0.3) is 0 Å². The number of benzene rings is 2. The van der Waals surface area contributed by atoms with Gasteiger partial charge in [0, 0.05) is 11.6 Å². The standard InChI is InChI=1S/C19H17NO2S/c1-14(18-20-12-13-23-18)22-19(21)17(15-8-4-2-5-9-15)16-10-6-3-7-11-16/h2-14,17H,1H3/t14-/m1/s1. The Kier molecular flexibility index (Phi) is 4.83. The van der Waals surface area contributed by atoms with Gasteiger partial charge >= 0.3 is 5.97 Å². The van der Waals surface area contributed by atoms with Crippen molar-refractivity contribution in [2.75, 3.05) is 0 Å². The van der Waals surface area contributed by atoms with Crippen molar-refractivity contribution in [3.63, 3.8) is 0 Å². The summed E-state index contributed by atoms with van der Waals surface area (Å²) in [6.07, 6.45) is 1.37. The van der Waals surface area contributed by atoms with Crippen LogP contribution in [0.3, 0.4) is 0 Å². The van der Waals surface area contributed by atoms with E-state index in [2.05, 4.69) is 4.98 Å². The normalized spacial score (nSPS) is 12.1. The highest BCUT2D eigenvalue weighted by atomic mass is 32.1. The predicted octanol–water partition coefficient (Wildman–Crippen LogP) is 4.58. The number of aromatic nitrogens is 1. The number of thiazole rings is 1. The largest absolute Gasteiger partial charge is 0.455 e. The van der Waals surface area contributed by atoms with Crippen molar-refractivity contribution in [1.82, 2.24) is 4.98 Å². The van der Waals surface area contributed by atoms with Crippen molar-refractivity contribution < 1.29 is 9.53 Å². The molecule has 0 unspecified atom stereocenters. The lowest BCUT2D eigenvalue weighted by atomic mass is 9.91. The van der Waals surface area contributed by atoms with Crippen LogP contribution < -0.4 is 0 Å². The summed E-state index contributed by atoms with van der Waals surface area (Å²) in [4.78, 5) is 17.0. The van der Waals surface area contributed by atoms with Crippen LogP contribution in [0.5, 0.6) is 0 Å². The number of hydrogen-bond donors (Lipinski definition) is 0. The number of carbonyl (C=O) groups excluding carboxylic acids is 1. The molecule has 0 saturated carbocycles. The Balaban J connectivity index is 1.88. The third-order valence-electron chi connectivity index (χ3n) is 3.59. The van der Waals surface area contributed by atoms with E-state index in [4.69, 9.17) is 4.74 Å². The molecule has 3 rings (SSSR count). The van der Waals surface area contributed by atoms with Crippen LogP contribution in [0, 0.1) is 0 Å². The molecule has 0 saturated heterocycles. The molecule has 0 aliphatic carbocycles. The van der Waals surface area contributed by atoms with Crippen molar-refractivity contribution >= 4 is 17.3 Å². The van der Waals surface area contributed by atoms with E-state index in [9.17, 15) is 4.79 Å². The lowest BCUT2D eigenvalue weighted by Gasteiger charge is -2.19. The summed E-state index contributed by atoms with van der Waals surface area (Å²) in [5.74, 6) is -0.690. The van der Waals surface area contributed by atoms with Gasteiger partial charge in [0.05, 0.1) is 0 Å². The van der Waals surface area contributed by atoms with Crippen LogP contribution >= 0.6 is 11.3 Å². The molecule has 3 aromatic rings. The topological polar surface area (TPSA) is 39.2 Å². The Morgan fingerprint density at radius 3 is 2.04 bits per heavy atom. The Morgan fingerprint density at radius 2 is 1.57 bits per heavy atom. The second-order valence-electron chi connectivity index (χ2n) is 5.20. The zero-order valence-electron chi connectivity index (χ0n) is 12.8. The number of hydrogen-bond acceptors (Lipinski definition) is 4. The Bertz CT molecular complexity index is 702. The molecule has 1 heterocycles. The highest BCUT2D eigenvalue weighted by Crippen LogP contribution is 2.29. The third-order valence-corrected chi connectivity index (χ3v) is 4.53. The minimum atomic E-state index is -0.431. The molecule has 1 atom stereocenters. The number of carbonyl (C=O) groups is 1. The van der Waals surface area contributed by atoms with Gasteiger partial charge in [-0.1, -0.05) is 60.7 Å². The predicted molar refractivity (Wildman–Crippen MR) is 91.3 cm³/mol. The fourth-order valence-corrected chi connectivity index (χ4v) is 3.11. The molecule has 23 heavy (non-hydrogen) atoms. The number of rotatable bonds is 5. The molecule has 0 aliphatic heterocycles. The maximum absolute atomic E-state index is 12.8. The fourth-order valence-electron chi connectivity index (χ4n) is 2.48. The van der Waals surface area contributed by atoms with Crippen LogP contribution in [0.2, 0.25) is 0 Å². The second-order valence-corrected chi connectivity index (χ2v) is 6.13. The van der Waals surface area contributed by atoms with E-state index in [1.54, 1.807) is 6.20 Å². The third kappa shape index (κ3) is 3.66. The highest BCUT2D eigenvalue weighted by Gasteiger charge is 2.26. The molecule has 0 N–H and O–H groups in total. The van der Waals surface area contributed by atoms with E-state index in [1.165, 1.54) is 11.3 Å². The average molecular weight is 323 g/mol. The van der Waals surface area contributed by atoms with E-state index in [0.717, 1.165) is 16.1 Å². The van der Waals surface area contributed by atoms with Gasteiger partial charge in [-0.15, -0.1) is 11.3 Å². The molecular weight excluding hydrogens is 306 g/mol. The Hall–Kier alpha value is -2.46. The maximum atomic E-state index is 12.8. The fraction of sp³-hybridized carbons (Fsp3) is 0.158. The molecule has 3 nitrogen and oxygen atoms in total. The zero-order chi connectivity index (χ0) is 16.1. The quantitative estimate of drug-likeness (QED) is 0.645. The second kappa shape index (κ2) is 7.20. The SMILES string of the molecule is C[C@@H](OC(=O)C(c1ccccc1)c1ccccc1)c1nccs1. The first-order valence-corrected chi connectivity index (χ1v) is 8.33. The van der Waals surface area contributed by atoms with E-state index < -0.39 is 5.92 Å². The highest BCUT2D eigenvalue weighted by molar-refractivity contribution is 7.09. The van der Waals surface area contributed by atoms with Crippen LogP contribution in [-0.2, 0) is 9.53 Å². The van der Waals surface area contributed by atoms with E-state index in [0.29, 0.717) is 0 Å². The van der Waals surface area contributed by atoms with E-state index in [1.807, 2.05) is 73.0 Å². The van der Waals surface area contributed by atoms with Gasteiger partial charge in [-0.3, -0.25) is 4.79 Å². The molecular formula is C19H17NO2S. The number of esters is 1. The van der Waals surface area contributed by atoms with Gasteiger partial charge in [-0.05, 0) is 18.1 Å². The molecule has 116 valence electrons. The summed E-state index contributed by atoms with van der Waals surface area (Å²) in [7, 11) is 0. The molecule has 2 aromatic carbocycles. The van der Waals surface area contributed by atoms with Crippen molar-refractivity contribution in [3.8, 4) is 0 Å². The van der Waals surface area contributed by atoms with Gasteiger partial charge in [0.2, 0.25) is 0 Å².